The number of aromatic nitrogens is 4. The van der Waals surface area contributed by atoms with E-state index in [0.29, 0.717) is 28.9 Å². The molecule has 0 spiro atoms. The lowest BCUT2D eigenvalue weighted by Crippen LogP contribution is -2.33. The lowest BCUT2D eigenvalue weighted by Gasteiger charge is -2.18. The average Bonchev–Trinajstić information content (AvgIpc) is 3.83. The van der Waals surface area contributed by atoms with Gasteiger partial charge in [0.25, 0.3) is 11.8 Å². The van der Waals surface area contributed by atoms with Crippen molar-refractivity contribution in [3.8, 4) is 11.1 Å². The SMILES string of the molecule is C=CC(C=C)n1nccc1C(=O)N=C(C(=O)Nc1ccc(-c2c(C)n[nH]c2C)cc1)C(C1CC1)C1CC1. The summed E-state index contributed by atoms with van der Waals surface area (Å²) in [4.78, 5) is 31.4. The number of aliphatic imine (C=N–C) groups is 1. The first kappa shape index (κ1) is 24.6. The molecule has 1 aromatic carbocycles. The van der Waals surface area contributed by atoms with E-state index in [9.17, 15) is 9.59 Å². The second kappa shape index (κ2) is 10.1. The minimum atomic E-state index is -0.482. The Bertz CT molecular complexity index is 1330. The number of amides is 2. The molecule has 2 fully saturated rings. The number of carbonyl (C=O) groups is 2. The van der Waals surface area contributed by atoms with Crippen molar-refractivity contribution in [3.63, 3.8) is 0 Å². The summed E-state index contributed by atoms with van der Waals surface area (Å²) in [5, 5.41) is 14.5. The van der Waals surface area contributed by atoms with Gasteiger partial charge in [-0.15, -0.1) is 13.2 Å². The summed E-state index contributed by atoms with van der Waals surface area (Å²) >= 11 is 0. The number of benzene rings is 1. The molecule has 8 nitrogen and oxygen atoms in total. The lowest BCUT2D eigenvalue weighted by atomic mass is 9.91. The van der Waals surface area contributed by atoms with Crippen LogP contribution in [0.2, 0.25) is 0 Å². The molecule has 2 amide bonds. The van der Waals surface area contributed by atoms with Gasteiger partial charge < -0.3 is 5.32 Å². The number of rotatable bonds is 10. The maximum atomic E-state index is 13.6. The van der Waals surface area contributed by atoms with E-state index in [0.717, 1.165) is 48.2 Å². The van der Waals surface area contributed by atoms with Crippen LogP contribution in [0.5, 0.6) is 0 Å². The van der Waals surface area contributed by atoms with Gasteiger partial charge in [0.15, 0.2) is 0 Å². The van der Waals surface area contributed by atoms with Crippen LogP contribution in [0.1, 0.15) is 53.6 Å². The van der Waals surface area contributed by atoms with E-state index >= 15 is 0 Å². The molecule has 0 aliphatic heterocycles. The molecule has 2 aliphatic rings. The highest BCUT2D eigenvalue weighted by molar-refractivity contribution is 6.45. The van der Waals surface area contributed by atoms with Crippen molar-refractivity contribution in [2.45, 2.75) is 45.6 Å². The molecular formula is C29H32N6O2. The van der Waals surface area contributed by atoms with Crippen LogP contribution >= 0.6 is 0 Å². The molecule has 190 valence electrons. The van der Waals surface area contributed by atoms with Crippen molar-refractivity contribution in [2.24, 2.45) is 22.7 Å². The van der Waals surface area contributed by atoms with Gasteiger partial charge in [0.1, 0.15) is 11.4 Å². The van der Waals surface area contributed by atoms with Crippen LogP contribution in [0.3, 0.4) is 0 Å². The minimum Gasteiger partial charge on any atom is -0.321 e. The standard InChI is InChI=1S/C29H32N6O2/c1-5-23(6-2)35-24(15-16-30-35)28(36)32-27(26(20-7-8-20)21-9-10-21)29(37)31-22-13-11-19(12-14-22)25-17(3)33-34-18(25)4/h5-6,11-16,20-21,23,26H,1-2,7-10H2,3-4H3,(H,31,37)(H,33,34). The van der Waals surface area contributed by atoms with Crippen molar-refractivity contribution in [3.05, 3.63) is 78.9 Å². The van der Waals surface area contributed by atoms with Crippen molar-refractivity contribution < 1.29 is 9.59 Å². The number of hydrogen-bond acceptors (Lipinski definition) is 4. The third kappa shape index (κ3) is 5.09. The van der Waals surface area contributed by atoms with Crippen LogP contribution in [-0.2, 0) is 4.79 Å². The quantitative estimate of drug-likeness (QED) is 0.287. The lowest BCUT2D eigenvalue weighted by molar-refractivity contribution is -0.110. The summed E-state index contributed by atoms with van der Waals surface area (Å²) in [7, 11) is 0. The fourth-order valence-electron chi connectivity index (χ4n) is 5.09. The van der Waals surface area contributed by atoms with Crippen molar-refractivity contribution in [2.75, 3.05) is 5.32 Å². The summed E-state index contributed by atoms with van der Waals surface area (Å²) in [5.41, 5.74) is 5.27. The number of allylic oxidation sites excluding steroid dienone is 2. The number of H-pyrrole nitrogens is 1. The number of nitrogens with zero attached hydrogens (tertiary/aromatic N) is 4. The summed E-state index contributed by atoms with van der Waals surface area (Å²) in [5.74, 6) is -0.0126. The van der Waals surface area contributed by atoms with Crippen molar-refractivity contribution in [1.82, 2.24) is 20.0 Å². The Labute approximate surface area is 216 Å². The number of aromatic amines is 1. The van der Waals surface area contributed by atoms with Crippen LogP contribution in [0.25, 0.3) is 11.1 Å². The van der Waals surface area contributed by atoms with Gasteiger partial charge in [0.2, 0.25) is 0 Å². The molecule has 37 heavy (non-hydrogen) atoms. The first-order valence-electron chi connectivity index (χ1n) is 12.8. The van der Waals surface area contributed by atoms with E-state index in [1.165, 1.54) is 4.68 Å². The summed E-state index contributed by atoms with van der Waals surface area (Å²) < 4.78 is 1.53. The van der Waals surface area contributed by atoms with Crippen LogP contribution in [0.15, 0.2) is 66.8 Å². The summed E-state index contributed by atoms with van der Waals surface area (Å²) in [6, 6.07) is 8.94. The predicted molar refractivity (Wildman–Crippen MR) is 144 cm³/mol. The second-order valence-electron chi connectivity index (χ2n) is 9.97. The van der Waals surface area contributed by atoms with Gasteiger partial charge in [-0.05, 0) is 75.1 Å². The monoisotopic (exact) mass is 496 g/mol. The van der Waals surface area contributed by atoms with Crippen molar-refractivity contribution in [1.29, 1.82) is 0 Å². The largest absolute Gasteiger partial charge is 0.321 e. The van der Waals surface area contributed by atoms with Gasteiger partial charge in [-0.1, -0.05) is 24.3 Å². The molecule has 2 saturated carbocycles. The van der Waals surface area contributed by atoms with Crippen molar-refractivity contribution >= 4 is 23.2 Å². The third-order valence-electron chi connectivity index (χ3n) is 7.24. The minimum absolute atomic E-state index is 0.00886. The molecule has 0 unspecified atom stereocenters. The molecule has 3 aromatic rings. The number of nitrogens with one attached hydrogen (secondary N) is 2. The zero-order valence-electron chi connectivity index (χ0n) is 21.3. The fourth-order valence-corrected chi connectivity index (χ4v) is 5.09. The Kier molecular flexibility index (Phi) is 6.74. The third-order valence-corrected chi connectivity index (χ3v) is 7.24. The first-order valence-corrected chi connectivity index (χ1v) is 12.8. The molecule has 0 saturated heterocycles. The van der Waals surface area contributed by atoms with Gasteiger partial charge in [0, 0.05) is 29.1 Å². The normalized spacial score (nSPS) is 15.7. The molecule has 8 heteroatoms. The van der Waals surface area contributed by atoms with E-state index in [4.69, 9.17) is 0 Å². The molecular weight excluding hydrogens is 464 g/mol. The van der Waals surface area contributed by atoms with Gasteiger partial charge in [0.05, 0.1) is 11.7 Å². The zero-order valence-corrected chi connectivity index (χ0v) is 21.3. The second-order valence-corrected chi connectivity index (χ2v) is 9.97. The van der Waals surface area contributed by atoms with Gasteiger partial charge in [-0.3, -0.25) is 14.7 Å². The van der Waals surface area contributed by atoms with Crippen LogP contribution < -0.4 is 5.32 Å². The Morgan fingerprint density at radius 1 is 1.08 bits per heavy atom. The molecule has 0 atom stereocenters. The number of hydrogen-bond donors (Lipinski definition) is 2. The molecule has 2 aliphatic carbocycles. The topological polar surface area (TPSA) is 105 Å². The van der Waals surface area contributed by atoms with Crippen LogP contribution in [-0.4, -0.2) is 37.5 Å². The van der Waals surface area contributed by atoms with Gasteiger partial charge >= 0.3 is 0 Å². The molecule has 0 radical (unpaired) electrons. The predicted octanol–water partition coefficient (Wildman–Crippen LogP) is 5.46. The highest BCUT2D eigenvalue weighted by Gasteiger charge is 2.46. The zero-order chi connectivity index (χ0) is 26.1. The highest BCUT2D eigenvalue weighted by atomic mass is 16.2. The van der Waals surface area contributed by atoms with E-state index in [2.05, 4.69) is 38.8 Å². The Morgan fingerprint density at radius 2 is 1.73 bits per heavy atom. The highest BCUT2D eigenvalue weighted by Crippen LogP contribution is 2.50. The number of carbonyl (C=O) groups excluding carboxylic acids is 2. The Balaban J connectivity index is 1.43. The number of anilines is 1. The fraction of sp³-hybridized carbons (Fsp3) is 0.345. The molecule has 2 N–H and O–H groups in total. The molecule has 5 rings (SSSR count). The van der Waals surface area contributed by atoms with Crippen LogP contribution in [0.4, 0.5) is 5.69 Å². The first-order chi connectivity index (χ1) is 17.9. The maximum Gasteiger partial charge on any atom is 0.295 e. The maximum absolute atomic E-state index is 13.6. The molecule has 2 aromatic heterocycles. The Morgan fingerprint density at radius 3 is 2.27 bits per heavy atom. The molecule has 0 bridgehead atoms. The molecule has 2 heterocycles. The van der Waals surface area contributed by atoms with Crippen LogP contribution in [0, 0.1) is 31.6 Å². The van der Waals surface area contributed by atoms with E-state index in [1.807, 2.05) is 38.1 Å². The van der Waals surface area contributed by atoms with Gasteiger partial charge in [-0.2, -0.15) is 10.2 Å². The smallest absolute Gasteiger partial charge is 0.295 e. The number of aryl methyl sites for hydroxylation is 2. The van der Waals surface area contributed by atoms with Gasteiger partial charge in [-0.25, -0.2) is 9.67 Å². The van der Waals surface area contributed by atoms with E-state index in [-0.39, 0.29) is 17.9 Å². The van der Waals surface area contributed by atoms with E-state index in [1.54, 1.807) is 24.4 Å². The summed E-state index contributed by atoms with van der Waals surface area (Å²) in [6.07, 6.45) is 9.11. The van der Waals surface area contributed by atoms with E-state index < -0.39 is 5.91 Å². The average molecular weight is 497 g/mol. The summed E-state index contributed by atoms with van der Waals surface area (Å²) in [6.45, 7) is 11.5. The Hall–Kier alpha value is -4.07.